The maximum atomic E-state index is 12.7. The van der Waals surface area contributed by atoms with Crippen molar-refractivity contribution in [2.45, 2.75) is 57.5 Å². The van der Waals surface area contributed by atoms with Crippen LogP contribution in [0.4, 0.5) is 0 Å². The minimum atomic E-state index is -0.924. The molecular weight excluding hydrogens is 274 g/mol. The van der Waals surface area contributed by atoms with Gasteiger partial charge in [0.15, 0.2) is 0 Å². The molecule has 20 heavy (non-hydrogen) atoms. The van der Waals surface area contributed by atoms with E-state index in [1.807, 2.05) is 6.07 Å². The first-order chi connectivity index (χ1) is 9.58. The summed E-state index contributed by atoms with van der Waals surface area (Å²) >= 11 is 1.56. The smallest absolute Gasteiger partial charge is 0.326 e. The van der Waals surface area contributed by atoms with Crippen LogP contribution in [-0.4, -0.2) is 34.0 Å². The molecule has 0 radical (unpaired) electrons. The standard InChI is InChI=1S/C15H19NO3S/c1-9(15(18)19)16(11-6-7-11)14(17)13-8-10-4-2-3-5-12(10)20-13/h8-9,11H,2-7H2,1H3,(H,18,19). The normalized spacial score (nSPS) is 19.2. The molecule has 0 aromatic carbocycles. The number of carbonyl (C=O) groups is 2. The second-order valence-corrected chi connectivity index (χ2v) is 6.86. The maximum Gasteiger partial charge on any atom is 0.326 e. The van der Waals surface area contributed by atoms with E-state index in [4.69, 9.17) is 0 Å². The summed E-state index contributed by atoms with van der Waals surface area (Å²) in [5.41, 5.74) is 1.29. The van der Waals surface area contributed by atoms with E-state index in [2.05, 4.69) is 0 Å². The molecule has 2 aliphatic carbocycles. The highest BCUT2D eigenvalue weighted by Crippen LogP contribution is 2.34. The Labute approximate surface area is 122 Å². The molecule has 4 nitrogen and oxygen atoms in total. The van der Waals surface area contributed by atoms with Gasteiger partial charge in [-0.25, -0.2) is 4.79 Å². The molecular formula is C15H19NO3S. The largest absolute Gasteiger partial charge is 0.480 e. The maximum absolute atomic E-state index is 12.7. The van der Waals surface area contributed by atoms with Crippen LogP contribution in [-0.2, 0) is 17.6 Å². The van der Waals surface area contributed by atoms with Gasteiger partial charge in [0, 0.05) is 10.9 Å². The SMILES string of the molecule is CC(C(=O)O)N(C(=O)c1cc2c(s1)CCCC2)C1CC1. The van der Waals surface area contributed by atoms with Crippen LogP contribution < -0.4 is 0 Å². The van der Waals surface area contributed by atoms with Crippen LogP contribution in [0, 0.1) is 0 Å². The highest BCUT2D eigenvalue weighted by molar-refractivity contribution is 7.14. The second kappa shape index (κ2) is 5.20. The number of carboxylic acid groups (broad SMARTS) is 1. The van der Waals surface area contributed by atoms with Gasteiger partial charge in [-0.1, -0.05) is 0 Å². The van der Waals surface area contributed by atoms with Gasteiger partial charge in [0.05, 0.1) is 4.88 Å². The van der Waals surface area contributed by atoms with Gasteiger partial charge in [-0.2, -0.15) is 0 Å². The van der Waals surface area contributed by atoms with Crippen molar-refractivity contribution in [3.63, 3.8) is 0 Å². The van der Waals surface area contributed by atoms with Crippen LogP contribution in [0.15, 0.2) is 6.07 Å². The van der Waals surface area contributed by atoms with Crippen LogP contribution in [0.5, 0.6) is 0 Å². The van der Waals surface area contributed by atoms with Crippen molar-refractivity contribution in [1.82, 2.24) is 4.90 Å². The second-order valence-electron chi connectivity index (χ2n) is 5.72. The average molecular weight is 293 g/mol. The molecule has 0 saturated heterocycles. The van der Waals surface area contributed by atoms with Crippen molar-refractivity contribution in [2.24, 2.45) is 0 Å². The highest BCUT2D eigenvalue weighted by atomic mass is 32.1. The first kappa shape index (κ1) is 13.6. The van der Waals surface area contributed by atoms with Gasteiger partial charge in [0.1, 0.15) is 6.04 Å². The molecule has 1 N–H and O–H groups in total. The Morgan fingerprint density at radius 1 is 1.35 bits per heavy atom. The summed E-state index contributed by atoms with van der Waals surface area (Å²) in [7, 11) is 0. The number of carbonyl (C=O) groups excluding carboxylic acids is 1. The fraction of sp³-hybridized carbons (Fsp3) is 0.600. The molecule has 3 rings (SSSR count). The van der Waals surface area contributed by atoms with Crippen molar-refractivity contribution in [3.05, 3.63) is 21.4 Å². The van der Waals surface area contributed by atoms with Crippen molar-refractivity contribution in [3.8, 4) is 0 Å². The average Bonchev–Trinajstić information content (AvgIpc) is 3.16. The van der Waals surface area contributed by atoms with Gasteiger partial charge in [0.25, 0.3) is 5.91 Å². The molecule has 108 valence electrons. The summed E-state index contributed by atoms with van der Waals surface area (Å²) in [5.74, 6) is -1.02. The van der Waals surface area contributed by atoms with E-state index in [1.54, 1.807) is 23.2 Å². The van der Waals surface area contributed by atoms with E-state index in [0.29, 0.717) is 0 Å². The first-order valence-corrected chi connectivity index (χ1v) is 8.06. The predicted molar refractivity (Wildman–Crippen MR) is 77.3 cm³/mol. The fourth-order valence-corrected chi connectivity index (χ4v) is 4.05. The van der Waals surface area contributed by atoms with Gasteiger partial charge in [-0.05, 0) is 57.1 Å². The third kappa shape index (κ3) is 2.46. The topological polar surface area (TPSA) is 57.6 Å². The van der Waals surface area contributed by atoms with Crippen LogP contribution in [0.1, 0.15) is 52.7 Å². The first-order valence-electron chi connectivity index (χ1n) is 7.25. The lowest BCUT2D eigenvalue weighted by Gasteiger charge is -2.25. The molecule has 1 fully saturated rings. The Kier molecular flexibility index (Phi) is 3.54. The molecule has 1 atom stereocenters. The molecule has 1 aromatic heterocycles. The van der Waals surface area contributed by atoms with Crippen molar-refractivity contribution < 1.29 is 14.7 Å². The Morgan fingerprint density at radius 3 is 2.65 bits per heavy atom. The molecule has 2 aliphatic rings. The number of aryl methyl sites for hydroxylation is 2. The van der Waals surface area contributed by atoms with Crippen molar-refractivity contribution >= 4 is 23.2 Å². The molecule has 1 aromatic rings. The third-order valence-electron chi connectivity index (χ3n) is 4.16. The molecule has 0 bridgehead atoms. The van der Waals surface area contributed by atoms with Crippen LogP contribution in [0.3, 0.4) is 0 Å². The van der Waals surface area contributed by atoms with Crippen LogP contribution >= 0.6 is 11.3 Å². The summed E-state index contributed by atoms with van der Waals surface area (Å²) in [6.45, 7) is 1.60. The minimum absolute atomic E-state index is 0.0956. The molecule has 1 unspecified atom stereocenters. The zero-order chi connectivity index (χ0) is 14.3. The molecule has 1 saturated carbocycles. The van der Waals surface area contributed by atoms with Crippen LogP contribution in [0.2, 0.25) is 0 Å². The van der Waals surface area contributed by atoms with E-state index in [9.17, 15) is 14.7 Å². The number of hydrogen-bond acceptors (Lipinski definition) is 3. The zero-order valence-corrected chi connectivity index (χ0v) is 12.4. The number of thiophene rings is 1. The number of nitrogens with zero attached hydrogens (tertiary/aromatic N) is 1. The van der Waals surface area contributed by atoms with Gasteiger partial charge in [-0.15, -0.1) is 11.3 Å². The van der Waals surface area contributed by atoms with Gasteiger partial charge in [-0.3, -0.25) is 4.79 Å². The van der Waals surface area contributed by atoms with Gasteiger partial charge in [0.2, 0.25) is 0 Å². The summed E-state index contributed by atoms with van der Waals surface area (Å²) in [6, 6.07) is 1.37. The molecule has 0 aliphatic heterocycles. The minimum Gasteiger partial charge on any atom is -0.480 e. The van der Waals surface area contributed by atoms with Crippen molar-refractivity contribution in [1.29, 1.82) is 0 Å². The zero-order valence-electron chi connectivity index (χ0n) is 11.6. The van der Waals surface area contributed by atoms with E-state index >= 15 is 0 Å². The number of carboxylic acids is 1. The van der Waals surface area contributed by atoms with Crippen molar-refractivity contribution in [2.75, 3.05) is 0 Å². The number of aliphatic carboxylic acids is 1. The lowest BCUT2D eigenvalue weighted by Crippen LogP contribution is -2.44. The fourth-order valence-electron chi connectivity index (χ4n) is 2.85. The number of hydrogen-bond donors (Lipinski definition) is 1. The van der Waals surface area contributed by atoms with E-state index < -0.39 is 12.0 Å². The van der Waals surface area contributed by atoms with E-state index in [-0.39, 0.29) is 11.9 Å². The summed E-state index contributed by atoms with van der Waals surface area (Å²) in [4.78, 5) is 27.5. The highest BCUT2D eigenvalue weighted by Gasteiger charge is 2.39. The van der Waals surface area contributed by atoms with E-state index in [1.165, 1.54) is 23.3 Å². The number of fused-ring (bicyclic) bond motifs is 1. The molecule has 1 amide bonds. The summed E-state index contributed by atoms with van der Waals surface area (Å²) in [5, 5.41) is 9.20. The molecule has 0 spiro atoms. The summed E-state index contributed by atoms with van der Waals surface area (Å²) in [6.07, 6.45) is 6.35. The van der Waals surface area contributed by atoms with E-state index in [0.717, 1.165) is 30.6 Å². The Morgan fingerprint density at radius 2 is 2.05 bits per heavy atom. The summed E-state index contributed by atoms with van der Waals surface area (Å²) < 4.78 is 0. The van der Waals surface area contributed by atoms with Gasteiger partial charge >= 0.3 is 5.97 Å². The third-order valence-corrected chi connectivity index (χ3v) is 5.38. The lowest BCUT2D eigenvalue weighted by atomic mass is 9.99. The monoisotopic (exact) mass is 293 g/mol. The number of rotatable bonds is 4. The molecule has 5 heteroatoms. The predicted octanol–water partition coefficient (Wildman–Crippen LogP) is 2.70. The van der Waals surface area contributed by atoms with Gasteiger partial charge < -0.3 is 10.0 Å². The lowest BCUT2D eigenvalue weighted by molar-refractivity contribution is -0.141. The molecule has 1 heterocycles. The Balaban J connectivity index is 1.85. The quantitative estimate of drug-likeness (QED) is 0.928. The van der Waals surface area contributed by atoms with Crippen LogP contribution in [0.25, 0.3) is 0 Å². The number of amides is 1. The Bertz CT molecular complexity index is 524. The Hall–Kier alpha value is -1.36.